The standard InChI is InChI=1S/C17H10O2S4/c18-17(19)14-4-3-13(23-14)16-11(6-9-22-16)15-10(5-8-21-15)12-2-1-7-20-12/h1-9H,(H,18,19). The molecular formula is C17H10O2S4. The summed E-state index contributed by atoms with van der Waals surface area (Å²) in [5.41, 5.74) is 2.44. The van der Waals surface area contributed by atoms with Gasteiger partial charge in [0.1, 0.15) is 4.88 Å². The maximum absolute atomic E-state index is 11.1. The number of carbonyl (C=O) groups is 1. The lowest BCUT2D eigenvalue weighted by atomic mass is 10.1. The van der Waals surface area contributed by atoms with Crippen LogP contribution >= 0.6 is 45.3 Å². The quantitative estimate of drug-likeness (QED) is 0.435. The van der Waals surface area contributed by atoms with Crippen LogP contribution in [-0.4, -0.2) is 11.1 Å². The molecule has 6 heteroatoms. The highest BCUT2D eigenvalue weighted by atomic mass is 32.1. The van der Waals surface area contributed by atoms with Gasteiger partial charge in [-0.2, -0.15) is 0 Å². The Morgan fingerprint density at radius 3 is 2.26 bits per heavy atom. The fourth-order valence-electron chi connectivity index (χ4n) is 2.40. The molecule has 4 aromatic rings. The Morgan fingerprint density at radius 1 is 0.783 bits per heavy atom. The van der Waals surface area contributed by atoms with Gasteiger partial charge in [0.05, 0.1) is 4.88 Å². The van der Waals surface area contributed by atoms with Crippen molar-refractivity contribution in [2.75, 3.05) is 0 Å². The van der Waals surface area contributed by atoms with Crippen LogP contribution in [0, 0.1) is 0 Å². The third kappa shape index (κ3) is 2.68. The first-order chi connectivity index (χ1) is 11.2. The second-order valence-corrected chi connectivity index (χ2v) is 8.64. The molecule has 0 aromatic carbocycles. The Bertz CT molecular complexity index is 956. The Kier molecular flexibility index (Phi) is 3.90. The summed E-state index contributed by atoms with van der Waals surface area (Å²) in [5.74, 6) is -0.866. The molecule has 0 radical (unpaired) electrons. The Morgan fingerprint density at radius 2 is 1.57 bits per heavy atom. The molecule has 23 heavy (non-hydrogen) atoms. The van der Waals surface area contributed by atoms with Gasteiger partial charge in [0, 0.05) is 25.8 Å². The zero-order valence-corrected chi connectivity index (χ0v) is 15.0. The van der Waals surface area contributed by atoms with Gasteiger partial charge in [0.15, 0.2) is 0 Å². The van der Waals surface area contributed by atoms with E-state index in [1.54, 1.807) is 40.1 Å². The lowest BCUT2D eigenvalue weighted by Gasteiger charge is -2.03. The molecule has 0 saturated carbocycles. The number of carboxylic acid groups (broad SMARTS) is 1. The number of carboxylic acids is 1. The normalized spacial score (nSPS) is 11.0. The predicted octanol–water partition coefficient (Wildman–Crippen LogP) is 6.63. The highest BCUT2D eigenvalue weighted by molar-refractivity contribution is 7.23. The maximum atomic E-state index is 11.1. The average Bonchev–Trinajstić information content (AvgIpc) is 3.31. The van der Waals surface area contributed by atoms with E-state index in [0.29, 0.717) is 4.88 Å². The molecule has 114 valence electrons. The molecule has 1 N–H and O–H groups in total. The van der Waals surface area contributed by atoms with Crippen molar-refractivity contribution in [2.45, 2.75) is 0 Å². The van der Waals surface area contributed by atoms with Crippen LogP contribution in [0.3, 0.4) is 0 Å². The van der Waals surface area contributed by atoms with E-state index < -0.39 is 5.97 Å². The molecule has 0 saturated heterocycles. The number of hydrogen-bond donors (Lipinski definition) is 1. The van der Waals surface area contributed by atoms with E-state index in [1.807, 2.05) is 6.07 Å². The summed E-state index contributed by atoms with van der Waals surface area (Å²) < 4.78 is 0. The van der Waals surface area contributed by atoms with Crippen molar-refractivity contribution >= 4 is 51.3 Å². The van der Waals surface area contributed by atoms with Gasteiger partial charge in [-0.05, 0) is 46.5 Å². The van der Waals surface area contributed by atoms with E-state index in [-0.39, 0.29) is 0 Å². The number of aromatic carboxylic acids is 1. The van der Waals surface area contributed by atoms with Gasteiger partial charge in [0.25, 0.3) is 0 Å². The third-order valence-corrected chi connectivity index (χ3v) is 7.42. The van der Waals surface area contributed by atoms with Crippen molar-refractivity contribution in [3.05, 3.63) is 57.4 Å². The minimum Gasteiger partial charge on any atom is -0.477 e. The van der Waals surface area contributed by atoms with Gasteiger partial charge in [-0.1, -0.05) is 6.07 Å². The molecule has 0 spiro atoms. The Labute approximate surface area is 148 Å². The topological polar surface area (TPSA) is 37.3 Å². The molecule has 0 aliphatic rings. The summed E-state index contributed by atoms with van der Waals surface area (Å²) in [6.45, 7) is 0. The summed E-state index contributed by atoms with van der Waals surface area (Å²) in [4.78, 5) is 16.2. The second kappa shape index (κ2) is 6.05. The number of thiophene rings is 4. The van der Waals surface area contributed by atoms with Gasteiger partial charge in [0.2, 0.25) is 0 Å². The van der Waals surface area contributed by atoms with Crippen LogP contribution in [0.5, 0.6) is 0 Å². The van der Waals surface area contributed by atoms with Crippen LogP contribution in [0.1, 0.15) is 9.67 Å². The van der Waals surface area contributed by atoms with Crippen molar-refractivity contribution in [1.29, 1.82) is 0 Å². The molecule has 4 aromatic heterocycles. The van der Waals surface area contributed by atoms with Crippen LogP contribution in [-0.2, 0) is 0 Å². The summed E-state index contributed by atoms with van der Waals surface area (Å²) >= 11 is 6.46. The molecule has 0 fully saturated rings. The summed E-state index contributed by atoms with van der Waals surface area (Å²) in [5, 5.41) is 15.4. The summed E-state index contributed by atoms with van der Waals surface area (Å²) in [6.07, 6.45) is 0. The monoisotopic (exact) mass is 374 g/mol. The van der Waals surface area contributed by atoms with Crippen molar-refractivity contribution in [1.82, 2.24) is 0 Å². The van der Waals surface area contributed by atoms with E-state index in [2.05, 4.69) is 40.4 Å². The number of hydrogen-bond acceptors (Lipinski definition) is 5. The van der Waals surface area contributed by atoms with E-state index in [1.165, 1.54) is 32.2 Å². The lowest BCUT2D eigenvalue weighted by Crippen LogP contribution is -1.89. The first kappa shape index (κ1) is 14.8. The van der Waals surface area contributed by atoms with Crippen molar-refractivity contribution in [3.8, 4) is 30.6 Å². The van der Waals surface area contributed by atoms with Crippen LogP contribution in [0.4, 0.5) is 0 Å². The summed E-state index contributed by atoms with van der Waals surface area (Å²) in [6, 6.07) is 12.1. The molecule has 4 heterocycles. The Hall–Kier alpha value is -1.73. The smallest absolute Gasteiger partial charge is 0.345 e. The van der Waals surface area contributed by atoms with Crippen LogP contribution in [0.15, 0.2) is 52.5 Å². The van der Waals surface area contributed by atoms with Gasteiger partial charge in [-0.25, -0.2) is 4.79 Å². The van der Waals surface area contributed by atoms with Gasteiger partial charge in [-0.15, -0.1) is 45.3 Å². The maximum Gasteiger partial charge on any atom is 0.345 e. The highest BCUT2D eigenvalue weighted by Crippen LogP contribution is 2.46. The molecule has 0 amide bonds. The fraction of sp³-hybridized carbons (Fsp3) is 0. The lowest BCUT2D eigenvalue weighted by molar-refractivity contribution is 0.0702. The van der Waals surface area contributed by atoms with E-state index in [4.69, 9.17) is 5.11 Å². The molecule has 0 atom stereocenters. The minimum absolute atomic E-state index is 0.379. The zero-order valence-electron chi connectivity index (χ0n) is 11.7. The van der Waals surface area contributed by atoms with E-state index in [0.717, 1.165) is 9.75 Å². The van der Waals surface area contributed by atoms with Crippen molar-refractivity contribution < 1.29 is 9.90 Å². The third-order valence-electron chi connectivity index (χ3n) is 3.40. The highest BCUT2D eigenvalue weighted by Gasteiger charge is 2.17. The molecule has 0 aliphatic carbocycles. The molecule has 4 rings (SSSR count). The first-order valence-corrected chi connectivity index (χ1v) is 10.2. The van der Waals surface area contributed by atoms with Gasteiger partial charge >= 0.3 is 5.97 Å². The van der Waals surface area contributed by atoms with Crippen LogP contribution in [0.2, 0.25) is 0 Å². The largest absolute Gasteiger partial charge is 0.477 e. The summed E-state index contributed by atoms with van der Waals surface area (Å²) in [7, 11) is 0. The van der Waals surface area contributed by atoms with Crippen LogP contribution < -0.4 is 0 Å². The number of rotatable bonds is 4. The fourth-order valence-corrected chi connectivity index (χ4v) is 6.12. The molecule has 0 aliphatic heterocycles. The van der Waals surface area contributed by atoms with E-state index >= 15 is 0 Å². The first-order valence-electron chi connectivity index (χ1n) is 6.77. The molecular weight excluding hydrogens is 364 g/mol. The SMILES string of the molecule is O=C(O)c1ccc(-c2sccc2-c2sccc2-c2cccs2)s1. The van der Waals surface area contributed by atoms with Gasteiger partial charge in [-0.3, -0.25) is 0 Å². The van der Waals surface area contributed by atoms with Crippen molar-refractivity contribution in [2.24, 2.45) is 0 Å². The Balaban J connectivity index is 1.82. The molecule has 2 nitrogen and oxygen atoms in total. The molecule has 0 bridgehead atoms. The van der Waals surface area contributed by atoms with Gasteiger partial charge < -0.3 is 5.11 Å². The van der Waals surface area contributed by atoms with E-state index in [9.17, 15) is 4.79 Å². The van der Waals surface area contributed by atoms with Crippen molar-refractivity contribution in [3.63, 3.8) is 0 Å². The zero-order chi connectivity index (χ0) is 15.8. The second-order valence-electron chi connectivity index (χ2n) is 4.77. The van der Waals surface area contributed by atoms with Crippen LogP contribution in [0.25, 0.3) is 30.6 Å². The average molecular weight is 375 g/mol. The minimum atomic E-state index is -0.866. The molecule has 0 unspecified atom stereocenters. The predicted molar refractivity (Wildman–Crippen MR) is 101 cm³/mol.